The molecule has 8 heteroatoms. The van der Waals surface area contributed by atoms with Crippen molar-refractivity contribution in [2.75, 3.05) is 13.7 Å². The highest BCUT2D eigenvalue weighted by Crippen LogP contribution is 2.37. The summed E-state index contributed by atoms with van der Waals surface area (Å²) in [5.74, 6) is -2.38. The second-order valence-electron chi connectivity index (χ2n) is 5.44. The zero-order valence-electron chi connectivity index (χ0n) is 14.4. The number of carbonyl (C=O) groups excluding carboxylic acids is 1. The largest absolute Gasteiger partial charge is 0.504 e. The van der Waals surface area contributed by atoms with E-state index in [2.05, 4.69) is 0 Å². The highest BCUT2D eigenvalue weighted by atomic mass is 16.5. The number of esters is 1. The average Bonchev–Trinajstić information content (AvgIpc) is 2.62. The molecule has 1 atom stereocenters. The van der Waals surface area contributed by atoms with Crippen LogP contribution in [-0.2, 0) is 16.1 Å². The molecule has 1 aromatic heterocycles. The van der Waals surface area contributed by atoms with E-state index in [0.29, 0.717) is 5.56 Å². The summed E-state index contributed by atoms with van der Waals surface area (Å²) < 4.78 is 15.3. The molecule has 0 aliphatic carbocycles. The van der Waals surface area contributed by atoms with Crippen LogP contribution in [0.3, 0.4) is 0 Å². The molecule has 3 N–H and O–H groups in total. The Morgan fingerprint density at radius 2 is 2.00 bits per heavy atom. The molecule has 0 saturated carbocycles. The smallest absolute Gasteiger partial charge is 0.306 e. The predicted octanol–water partition coefficient (Wildman–Crippen LogP) is 1.64. The zero-order chi connectivity index (χ0) is 19.3. The van der Waals surface area contributed by atoms with Gasteiger partial charge in [-0.05, 0) is 24.6 Å². The summed E-state index contributed by atoms with van der Waals surface area (Å²) in [6.07, 6.45) is -0.245. The maximum atomic E-state index is 12.0. The quantitative estimate of drug-likeness (QED) is 0.633. The first kappa shape index (κ1) is 19.3. The van der Waals surface area contributed by atoms with Crippen LogP contribution in [-0.4, -0.2) is 35.0 Å². The number of ether oxygens (including phenoxy) is 2. The first-order valence-corrected chi connectivity index (χ1v) is 7.90. The monoisotopic (exact) mass is 364 g/mol. The van der Waals surface area contributed by atoms with Gasteiger partial charge in [0.25, 0.3) is 0 Å². The van der Waals surface area contributed by atoms with E-state index < -0.39 is 29.7 Å². The molecule has 0 unspecified atom stereocenters. The Hall–Kier alpha value is -3.00. The lowest BCUT2D eigenvalue weighted by Crippen LogP contribution is -2.15. The van der Waals surface area contributed by atoms with Crippen LogP contribution in [0.15, 0.2) is 33.5 Å². The number of aromatic hydroxyl groups is 2. The van der Waals surface area contributed by atoms with Crippen LogP contribution in [0.25, 0.3) is 0 Å². The van der Waals surface area contributed by atoms with Gasteiger partial charge in [-0.25, -0.2) is 0 Å². The van der Waals surface area contributed by atoms with E-state index in [0.717, 1.165) is 6.07 Å². The molecule has 0 aliphatic rings. The van der Waals surface area contributed by atoms with Crippen LogP contribution >= 0.6 is 0 Å². The van der Waals surface area contributed by atoms with Crippen molar-refractivity contribution in [2.45, 2.75) is 25.9 Å². The van der Waals surface area contributed by atoms with Gasteiger partial charge >= 0.3 is 5.97 Å². The fourth-order valence-corrected chi connectivity index (χ4v) is 2.54. The first-order valence-electron chi connectivity index (χ1n) is 7.90. The number of phenols is 1. The fraction of sp³-hybridized carbons (Fsp3) is 0.333. The SMILES string of the molecule is CCOC(=O)C[C@H](c1ccc(OC)c(O)c1)c1oc(CO)cc(=O)c1O. The molecule has 0 saturated heterocycles. The number of rotatable bonds is 7. The van der Waals surface area contributed by atoms with Crippen molar-refractivity contribution >= 4 is 5.97 Å². The van der Waals surface area contributed by atoms with Gasteiger partial charge in [0.05, 0.1) is 26.1 Å². The Bertz CT molecular complexity index is 840. The summed E-state index contributed by atoms with van der Waals surface area (Å²) in [5.41, 5.74) is -0.355. The summed E-state index contributed by atoms with van der Waals surface area (Å²) in [7, 11) is 1.39. The van der Waals surface area contributed by atoms with Gasteiger partial charge < -0.3 is 29.2 Å². The van der Waals surface area contributed by atoms with Crippen molar-refractivity contribution in [3.05, 3.63) is 51.6 Å². The molecular weight excluding hydrogens is 344 g/mol. The highest BCUT2D eigenvalue weighted by molar-refractivity contribution is 5.71. The van der Waals surface area contributed by atoms with Gasteiger partial charge in [-0.1, -0.05) is 6.07 Å². The van der Waals surface area contributed by atoms with Gasteiger partial charge in [0, 0.05) is 6.07 Å². The minimum Gasteiger partial charge on any atom is -0.504 e. The van der Waals surface area contributed by atoms with Crippen molar-refractivity contribution in [3.63, 3.8) is 0 Å². The lowest BCUT2D eigenvalue weighted by Gasteiger charge is -2.18. The second kappa shape index (κ2) is 8.39. The molecule has 0 amide bonds. The molecule has 0 bridgehead atoms. The topological polar surface area (TPSA) is 126 Å². The van der Waals surface area contributed by atoms with Crippen LogP contribution in [0, 0.1) is 0 Å². The summed E-state index contributed by atoms with van der Waals surface area (Å²) in [5, 5.41) is 29.4. The molecule has 0 spiro atoms. The summed E-state index contributed by atoms with van der Waals surface area (Å²) >= 11 is 0. The predicted molar refractivity (Wildman–Crippen MR) is 90.3 cm³/mol. The van der Waals surface area contributed by atoms with E-state index in [1.807, 2.05) is 0 Å². The molecule has 0 aliphatic heterocycles. The van der Waals surface area contributed by atoms with Crippen molar-refractivity contribution in [1.29, 1.82) is 0 Å². The number of aliphatic hydroxyl groups excluding tert-OH is 1. The van der Waals surface area contributed by atoms with Crippen LogP contribution in [0.2, 0.25) is 0 Å². The average molecular weight is 364 g/mol. The van der Waals surface area contributed by atoms with Crippen molar-refractivity contribution in [3.8, 4) is 17.2 Å². The molecular formula is C18H20O8. The van der Waals surface area contributed by atoms with Gasteiger partial charge in [0.15, 0.2) is 17.3 Å². The molecule has 1 aromatic carbocycles. The summed E-state index contributed by atoms with van der Waals surface area (Å²) in [4.78, 5) is 23.9. The fourth-order valence-electron chi connectivity index (χ4n) is 2.54. The van der Waals surface area contributed by atoms with Crippen molar-refractivity contribution < 1.29 is 34.0 Å². The molecule has 0 fully saturated rings. The number of methoxy groups -OCH3 is 1. The van der Waals surface area contributed by atoms with E-state index in [9.17, 15) is 24.9 Å². The third-order valence-electron chi connectivity index (χ3n) is 3.75. The van der Waals surface area contributed by atoms with Gasteiger partial charge in [-0.15, -0.1) is 0 Å². The molecule has 140 valence electrons. The second-order valence-corrected chi connectivity index (χ2v) is 5.44. The van der Waals surface area contributed by atoms with E-state index in [1.54, 1.807) is 13.0 Å². The van der Waals surface area contributed by atoms with Crippen LogP contribution in [0.1, 0.15) is 36.3 Å². The van der Waals surface area contributed by atoms with Gasteiger partial charge in [0.2, 0.25) is 11.2 Å². The zero-order valence-corrected chi connectivity index (χ0v) is 14.4. The maximum absolute atomic E-state index is 12.0. The minimum absolute atomic E-state index is 0.0607. The third kappa shape index (κ3) is 4.15. The molecule has 26 heavy (non-hydrogen) atoms. The van der Waals surface area contributed by atoms with Gasteiger partial charge in [-0.3, -0.25) is 9.59 Å². The van der Waals surface area contributed by atoms with Crippen molar-refractivity contribution in [2.24, 2.45) is 0 Å². The van der Waals surface area contributed by atoms with Crippen LogP contribution in [0.5, 0.6) is 17.2 Å². The number of hydrogen-bond acceptors (Lipinski definition) is 8. The Kier molecular flexibility index (Phi) is 6.24. The standard InChI is InChI=1S/C18H20O8/c1-3-25-16(22)8-12(10-4-5-15(24-2)13(20)6-10)18-17(23)14(21)7-11(9-19)26-18/h4-7,12,19-20,23H,3,8-9H2,1-2H3/t12-/m1/s1. The number of hydrogen-bond donors (Lipinski definition) is 3. The van der Waals surface area contributed by atoms with Gasteiger partial charge in [-0.2, -0.15) is 0 Å². The minimum atomic E-state index is -0.912. The maximum Gasteiger partial charge on any atom is 0.306 e. The van der Waals surface area contributed by atoms with Crippen LogP contribution < -0.4 is 10.2 Å². The normalized spacial score (nSPS) is 11.8. The van der Waals surface area contributed by atoms with Crippen molar-refractivity contribution in [1.82, 2.24) is 0 Å². The van der Waals surface area contributed by atoms with E-state index in [4.69, 9.17) is 13.9 Å². The number of aliphatic hydroxyl groups is 1. The number of carbonyl (C=O) groups is 1. The van der Waals surface area contributed by atoms with Gasteiger partial charge in [0.1, 0.15) is 12.4 Å². The Labute approximate surface area is 149 Å². The summed E-state index contributed by atoms with van der Waals surface area (Å²) in [6.45, 7) is 1.25. The molecule has 0 radical (unpaired) electrons. The lowest BCUT2D eigenvalue weighted by atomic mass is 9.92. The first-order chi connectivity index (χ1) is 12.4. The van der Waals surface area contributed by atoms with E-state index in [1.165, 1.54) is 19.2 Å². The summed E-state index contributed by atoms with van der Waals surface area (Å²) in [6, 6.07) is 5.35. The molecule has 2 aromatic rings. The molecule has 1 heterocycles. The third-order valence-corrected chi connectivity index (χ3v) is 3.75. The molecule has 8 nitrogen and oxygen atoms in total. The Morgan fingerprint density at radius 3 is 2.58 bits per heavy atom. The molecule has 2 rings (SSSR count). The van der Waals surface area contributed by atoms with E-state index in [-0.39, 0.29) is 36.0 Å². The number of phenolic OH excluding ortho intramolecular Hbond substituents is 1. The Balaban J connectivity index is 2.58. The Morgan fingerprint density at radius 1 is 1.27 bits per heavy atom. The lowest BCUT2D eigenvalue weighted by molar-refractivity contribution is -0.143. The number of benzene rings is 1. The van der Waals surface area contributed by atoms with E-state index >= 15 is 0 Å². The highest BCUT2D eigenvalue weighted by Gasteiger charge is 2.27. The van der Waals surface area contributed by atoms with Crippen LogP contribution in [0.4, 0.5) is 0 Å².